The van der Waals surface area contributed by atoms with Gasteiger partial charge in [-0.3, -0.25) is 19.2 Å². The van der Waals surface area contributed by atoms with Gasteiger partial charge in [-0.2, -0.15) is 0 Å². The van der Waals surface area contributed by atoms with Crippen LogP contribution < -0.4 is 11.1 Å². The van der Waals surface area contributed by atoms with Crippen LogP contribution in [0.1, 0.15) is 24.8 Å². The summed E-state index contributed by atoms with van der Waals surface area (Å²) in [5.41, 5.74) is 3.55. The maximum Gasteiger partial charge on any atom is 0.336 e. The Morgan fingerprint density at radius 2 is 1.44 bits per heavy atom. The van der Waals surface area contributed by atoms with Gasteiger partial charge in [0.15, 0.2) is 5.60 Å². The van der Waals surface area contributed by atoms with Crippen LogP contribution in [0.2, 0.25) is 0 Å². The molecule has 0 fully saturated rings. The van der Waals surface area contributed by atoms with Crippen LogP contribution in [0.3, 0.4) is 0 Å². The lowest BCUT2D eigenvalue weighted by atomic mass is 9.96. The van der Waals surface area contributed by atoms with Crippen molar-refractivity contribution in [1.29, 1.82) is 0 Å². The van der Waals surface area contributed by atoms with Crippen LogP contribution in [0, 0.1) is 0 Å². The van der Waals surface area contributed by atoms with Crippen LogP contribution in [-0.2, 0) is 39.9 Å². The molecule has 8 N–H and O–H groups in total. The maximum atomic E-state index is 11.8. The van der Waals surface area contributed by atoms with Gasteiger partial charge in [0.2, 0.25) is 5.91 Å². The molecule has 0 heterocycles. The molecule has 188 valence electrons. The molecular weight excluding hydrogens is 460 g/mol. The van der Waals surface area contributed by atoms with Crippen molar-refractivity contribution in [3.05, 3.63) is 35.9 Å². The second-order valence-corrected chi connectivity index (χ2v) is 6.96. The van der Waals surface area contributed by atoms with Gasteiger partial charge in [-0.25, -0.2) is 9.59 Å². The predicted octanol–water partition coefficient (Wildman–Crippen LogP) is -1.56. The molecule has 14 nitrogen and oxygen atoms in total. The first-order valence-corrected chi connectivity index (χ1v) is 9.50. The highest BCUT2D eigenvalue weighted by molar-refractivity contribution is 5.90. The standard InChI is InChI=1S/C14H18N2O5.C6H8O7/c1-21-14(20)11(7-9-5-3-2-4-6-9)16-13(19)10(15)8-12(17)18;7-3(8)1-6(13,5(11)12)2-4(9)10/h2-6,10-11H,7-8,15H2,1H3,(H,16,19)(H,17,18);13H,1-2H2,(H,7,8)(H,9,10)(H,11,12)/t10-,11-;/m0./s1. The molecule has 1 amide bonds. The summed E-state index contributed by atoms with van der Waals surface area (Å²) < 4.78 is 4.64. The summed E-state index contributed by atoms with van der Waals surface area (Å²) >= 11 is 0. The van der Waals surface area contributed by atoms with E-state index >= 15 is 0 Å². The van der Waals surface area contributed by atoms with E-state index in [1.165, 1.54) is 7.11 Å². The topological polar surface area (TPSA) is 251 Å². The molecular formula is C20H26N2O12. The third-order valence-electron chi connectivity index (χ3n) is 4.10. The highest BCUT2D eigenvalue weighted by Gasteiger charge is 2.40. The number of carboxylic acid groups (broad SMARTS) is 4. The van der Waals surface area contributed by atoms with E-state index in [2.05, 4.69) is 10.1 Å². The molecule has 0 aliphatic carbocycles. The molecule has 0 radical (unpaired) electrons. The van der Waals surface area contributed by atoms with E-state index in [-0.39, 0.29) is 6.42 Å². The van der Waals surface area contributed by atoms with E-state index in [1.54, 1.807) is 12.1 Å². The molecule has 0 aromatic heterocycles. The molecule has 0 bridgehead atoms. The van der Waals surface area contributed by atoms with E-state index < -0.39 is 72.7 Å². The lowest BCUT2D eigenvalue weighted by Gasteiger charge is -2.18. The number of carboxylic acids is 4. The van der Waals surface area contributed by atoms with Gasteiger partial charge in [0.05, 0.1) is 32.4 Å². The maximum absolute atomic E-state index is 11.8. The van der Waals surface area contributed by atoms with Crippen molar-refractivity contribution in [2.24, 2.45) is 5.73 Å². The number of carbonyl (C=O) groups excluding carboxylic acids is 2. The first kappa shape index (κ1) is 30.0. The van der Waals surface area contributed by atoms with Crippen molar-refractivity contribution in [1.82, 2.24) is 5.32 Å². The van der Waals surface area contributed by atoms with Crippen molar-refractivity contribution in [3.8, 4) is 0 Å². The molecule has 0 saturated heterocycles. The van der Waals surface area contributed by atoms with Gasteiger partial charge in [0, 0.05) is 6.42 Å². The Balaban J connectivity index is 0.000000722. The SMILES string of the molecule is COC(=O)[C@H](Cc1ccccc1)NC(=O)[C@@H](N)CC(=O)O.O=C(O)CC(O)(CC(=O)O)C(=O)O. The number of carbonyl (C=O) groups is 6. The van der Waals surface area contributed by atoms with E-state index in [0.717, 1.165) is 5.56 Å². The van der Waals surface area contributed by atoms with Crippen LogP contribution >= 0.6 is 0 Å². The number of methoxy groups -OCH3 is 1. The lowest BCUT2D eigenvalue weighted by molar-refractivity contribution is -0.170. The fourth-order valence-electron chi connectivity index (χ4n) is 2.46. The van der Waals surface area contributed by atoms with Gasteiger partial charge < -0.3 is 41.3 Å². The van der Waals surface area contributed by atoms with E-state index in [0.29, 0.717) is 0 Å². The van der Waals surface area contributed by atoms with Crippen molar-refractivity contribution >= 4 is 35.8 Å². The molecule has 0 unspecified atom stereocenters. The lowest BCUT2D eigenvalue weighted by Crippen LogP contribution is -2.50. The fourth-order valence-corrected chi connectivity index (χ4v) is 2.46. The molecule has 0 aliphatic heterocycles. The molecule has 1 aromatic carbocycles. The number of aliphatic hydroxyl groups is 1. The number of nitrogens with one attached hydrogen (secondary N) is 1. The Morgan fingerprint density at radius 3 is 1.82 bits per heavy atom. The zero-order chi connectivity index (χ0) is 26.5. The van der Waals surface area contributed by atoms with Crippen LogP contribution in [0.5, 0.6) is 0 Å². The summed E-state index contributed by atoms with van der Waals surface area (Å²) in [6.45, 7) is 0. The molecule has 2 atom stereocenters. The molecule has 14 heteroatoms. The summed E-state index contributed by atoms with van der Waals surface area (Å²) in [7, 11) is 1.21. The zero-order valence-corrected chi connectivity index (χ0v) is 18.0. The summed E-state index contributed by atoms with van der Waals surface area (Å²) in [6.07, 6.45) is -2.56. The van der Waals surface area contributed by atoms with Crippen LogP contribution in [-0.4, -0.2) is 86.1 Å². The second-order valence-electron chi connectivity index (χ2n) is 6.96. The fraction of sp³-hybridized carbons (Fsp3) is 0.400. The first-order chi connectivity index (χ1) is 15.7. The smallest absolute Gasteiger partial charge is 0.336 e. The number of rotatable bonds is 12. The number of hydrogen-bond acceptors (Lipinski definition) is 9. The third kappa shape index (κ3) is 11.5. The quantitative estimate of drug-likeness (QED) is 0.165. The minimum atomic E-state index is -2.74. The number of ether oxygens (including phenoxy) is 1. The first-order valence-electron chi connectivity index (χ1n) is 9.50. The van der Waals surface area contributed by atoms with E-state index in [9.17, 15) is 28.8 Å². The van der Waals surface area contributed by atoms with E-state index in [1.807, 2.05) is 18.2 Å². The van der Waals surface area contributed by atoms with Crippen molar-refractivity contribution in [3.63, 3.8) is 0 Å². The molecule has 1 aromatic rings. The summed E-state index contributed by atoms with van der Waals surface area (Å²) in [5, 5.41) is 44.8. The van der Waals surface area contributed by atoms with Gasteiger partial charge in [-0.15, -0.1) is 0 Å². The minimum Gasteiger partial charge on any atom is -0.481 e. The van der Waals surface area contributed by atoms with Gasteiger partial charge in [0.25, 0.3) is 0 Å². The Kier molecular flexibility index (Phi) is 12.5. The predicted molar refractivity (Wildman–Crippen MR) is 111 cm³/mol. The van der Waals surface area contributed by atoms with Crippen molar-refractivity contribution < 1.29 is 59.0 Å². The Hall–Kier alpha value is -4.04. The average molecular weight is 486 g/mol. The highest BCUT2D eigenvalue weighted by atomic mass is 16.5. The normalized spacial score (nSPS) is 12.2. The highest BCUT2D eigenvalue weighted by Crippen LogP contribution is 2.15. The molecule has 1 rings (SSSR count). The summed E-state index contributed by atoms with van der Waals surface area (Å²) in [5.74, 6) is -7.52. The van der Waals surface area contributed by atoms with Crippen LogP contribution in [0.4, 0.5) is 0 Å². The van der Waals surface area contributed by atoms with Crippen molar-refractivity contribution in [2.75, 3.05) is 7.11 Å². The molecule has 0 spiro atoms. The summed E-state index contributed by atoms with van der Waals surface area (Å²) in [4.78, 5) is 64.5. The van der Waals surface area contributed by atoms with Crippen LogP contribution in [0.15, 0.2) is 30.3 Å². The number of nitrogens with two attached hydrogens (primary N) is 1. The van der Waals surface area contributed by atoms with E-state index in [4.69, 9.17) is 31.3 Å². The van der Waals surface area contributed by atoms with Gasteiger partial charge in [-0.05, 0) is 5.56 Å². The van der Waals surface area contributed by atoms with Gasteiger partial charge in [0.1, 0.15) is 6.04 Å². The number of benzene rings is 1. The van der Waals surface area contributed by atoms with Gasteiger partial charge in [-0.1, -0.05) is 30.3 Å². The molecule has 0 saturated carbocycles. The summed E-state index contributed by atoms with van der Waals surface area (Å²) in [6, 6.07) is 6.93. The number of aliphatic carboxylic acids is 4. The Labute approximate surface area is 192 Å². The number of esters is 1. The second kappa shape index (κ2) is 14.2. The largest absolute Gasteiger partial charge is 0.481 e. The number of hydrogen-bond donors (Lipinski definition) is 7. The van der Waals surface area contributed by atoms with Crippen molar-refractivity contribution in [2.45, 2.75) is 43.4 Å². The number of amides is 1. The van der Waals surface area contributed by atoms with Crippen LogP contribution in [0.25, 0.3) is 0 Å². The Bertz CT molecular complexity index is 871. The van der Waals surface area contributed by atoms with Gasteiger partial charge >= 0.3 is 29.8 Å². The Morgan fingerprint density at radius 1 is 0.941 bits per heavy atom. The minimum absolute atomic E-state index is 0.235. The molecule has 34 heavy (non-hydrogen) atoms. The average Bonchev–Trinajstić information content (AvgIpc) is 2.72. The zero-order valence-electron chi connectivity index (χ0n) is 18.0. The molecule has 0 aliphatic rings. The monoisotopic (exact) mass is 486 g/mol. The third-order valence-corrected chi connectivity index (χ3v) is 4.10.